The van der Waals surface area contributed by atoms with Crippen molar-refractivity contribution in [1.82, 2.24) is 0 Å². The summed E-state index contributed by atoms with van der Waals surface area (Å²) in [5.41, 5.74) is 11.0. The van der Waals surface area contributed by atoms with Crippen molar-refractivity contribution < 1.29 is 0 Å². The summed E-state index contributed by atoms with van der Waals surface area (Å²) in [6, 6.07) is 54.2. The third-order valence-corrected chi connectivity index (χ3v) is 9.67. The summed E-state index contributed by atoms with van der Waals surface area (Å²) in [6.45, 7) is 2.40. The highest BCUT2D eigenvalue weighted by atomic mass is 14.3. The van der Waals surface area contributed by atoms with Crippen molar-refractivity contribution in [3.8, 4) is 33.4 Å². The molecular weight excluding hydrogens is 516 g/mol. The second-order valence-electron chi connectivity index (χ2n) is 12.1. The van der Waals surface area contributed by atoms with Gasteiger partial charge in [-0.25, -0.2) is 0 Å². The molecule has 1 unspecified atom stereocenters. The Morgan fingerprint density at radius 2 is 0.884 bits per heavy atom. The molecule has 9 rings (SSSR count). The van der Waals surface area contributed by atoms with Gasteiger partial charge in [-0.1, -0.05) is 146 Å². The van der Waals surface area contributed by atoms with Gasteiger partial charge in [0.25, 0.3) is 0 Å². The Morgan fingerprint density at radius 3 is 1.58 bits per heavy atom. The number of fused-ring (bicyclic) bond motifs is 8. The summed E-state index contributed by atoms with van der Waals surface area (Å²) >= 11 is 0. The van der Waals surface area contributed by atoms with Crippen LogP contribution in [0.3, 0.4) is 0 Å². The quantitative estimate of drug-likeness (QED) is 0.149. The van der Waals surface area contributed by atoms with E-state index in [9.17, 15) is 0 Å². The van der Waals surface area contributed by atoms with Crippen molar-refractivity contribution in [2.75, 3.05) is 0 Å². The monoisotopic (exact) mass is 546 g/mol. The summed E-state index contributed by atoms with van der Waals surface area (Å²) in [5.74, 6) is 0.433. The summed E-state index contributed by atoms with van der Waals surface area (Å²) in [4.78, 5) is 0. The van der Waals surface area contributed by atoms with Gasteiger partial charge in [-0.05, 0) is 106 Å². The molecule has 0 heterocycles. The van der Waals surface area contributed by atoms with E-state index in [1.54, 1.807) is 0 Å². The third kappa shape index (κ3) is 3.57. The Morgan fingerprint density at radius 1 is 0.395 bits per heavy atom. The second kappa shape index (κ2) is 9.41. The zero-order valence-electron chi connectivity index (χ0n) is 24.1. The van der Waals surface area contributed by atoms with Gasteiger partial charge in [0.2, 0.25) is 0 Å². The molecule has 0 radical (unpaired) electrons. The van der Waals surface area contributed by atoms with Crippen LogP contribution in [-0.2, 0) is 6.42 Å². The first-order valence-corrected chi connectivity index (χ1v) is 15.3. The van der Waals surface area contributed by atoms with Gasteiger partial charge in [-0.3, -0.25) is 0 Å². The highest BCUT2D eigenvalue weighted by Gasteiger charge is 2.27. The van der Waals surface area contributed by atoms with E-state index >= 15 is 0 Å². The summed E-state index contributed by atoms with van der Waals surface area (Å²) < 4.78 is 0. The lowest BCUT2D eigenvalue weighted by atomic mass is 9.75. The SMILES string of the molecule is CC1Cc2ccccc2-c2cccc(-c3c4ccccc4c(-c4cc5ccccc5c5ccccc45)c4ccccc34)c21. The average Bonchev–Trinajstić information content (AvgIpc) is 3.07. The topological polar surface area (TPSA) is 0 Å². The molecular formula is C43H30. The fourth-order valence-corrected chi connectivity index (χ4v) is 7.91. The predicted octanol–water partition coefficient (Wildman–Crippen LogP) is 12.0. The van der Waals surface area contributed by atoms with E-state index in [1.807, 2.05) is 0 Å². The van der Waals surface area contributed by atoms with Gasteiger partial charge in [-0.15, -0.1) is 0 Å². The summed E-state index contributed by atoms with van der Waals surface area (Å²) in [6.07, 6.45) is 1.07. The number of benzene rings is 8. The highest BCUT2D eigenvalue weighted by Crippen LogP contribution is 2.50. The molecule has 1 atom stereocenters. The third-order valence-electron chi connectivity index (χ3n) is 9.67. The number of hydrogen-bond acceptors (Lipinski definition) is 0. The molecule has 202 valence electrons. The summed E-state index contributed by atoms with van der Waals surface area (Å²) in [7, 11) is 0. The van der Waals surface area contributed by atoms with Crippen LogP contribution in [0.5, 0.6) is 0 Å². The smallest absolute Gasteiger partial charge is 0.00199 e. The molecule has 8 aromatic carbocycles. The fraction of sp³-hybridized carbons (Fsp3) is 0.0698. The molecule has 0 N–H and O–H groups in total. The van der Waals surface area contributed by atoms with Gasteiger partial charge in [0, 0.05) is 0 Å². The minimum atomic E-state index is 0.433. The van der Waals surface area contributed by atoms with Crippen LogP contribution in [-0.4, -0.2) is 0 Å². The van der Waals surface area contributed by atoms with Gasteiger partial charge in [-0.2, -0.15) is 0 Å². The Balaban J connectivity index is 1.44. The van der Waals surface area contributed by atoms with Gasteiger partial charge in [0.15, 0.2) is 0 Å². The Kier molecular flexibility index (Phi) is 5.34. The molecule has 0 aliphatic heterocycles. The normalized spacial score (nSPS) is 14.3. The molecule has 0 spiro atoms. The maximum Gasteiger partial charge on any atom is -0.00199 e. The van der Waals surface area contributed by atoms with Crippen LogP contribution in [0, 0.1) is 0 Å². The molecule has 43 heavy (non-hydrogen) atoms. The van der Waals surface area contributed by atoms with Crippen molar-refractivity contribution in [3.05, 3.63) is 157 Å². The van der Waals surface area contributed by atoms with Crippen LogP contribution < -0.4 is 0 Å². The molecule has 0 fully saturated rings. The van der Waals surface area contributed by atoms with Crippen molar-refractivity contribution in [3.63, 3.8) is 0 Å². The van der Waals surface area contributed by atoms with Crippen molar-refractivity contribution in [1.29, 1.82) is 0 Å². The van der Waals surface area contributed by atoms with Gasteiger partial charge in [0.1, 0.15) is 0 Å². The second-order valence-corrected chi connectivity index (χ2v) is 12.1. The zero-order valence-corrected chi connectivity index (χ0v) is 24.1. The van der Waals surface area contributed by atoms with Crippen molar-refractivity contribution in [2.45, 2.75) is 19.3 Å². The molecule has 0 heteroatoms. The van der Waals surface area contributed by atoms with Crippen LogP contribution >= 0.6 is 0 Å². The maximum absolute atomic E-state index is 2.41. The molecule has 8 aromatic rings. The first kappa shape index (κ1) is 24.4. The van der Waals surface area contributed by atoms with Crippen LogP contribution in [0.15, 0.2) is 146 Å². The lowest BCUT2D eigenvalue weighted by Gasteiger charge is -2.29. The van der Waals surface area contributed by atoms with E-state index in [4.69, 9.17) is 0 Å². The molecule has 0 saturated heterocycles. The van der Waals surface area contributed by atoms with Crippen LogP contribution in [0.1, 0.15) is 24.0 Å². The molecule has 1 aliphatic rings. The molecule has 0 amide bonds. The minimum absolute atomic E-state index is 0.433. The van der Waals surface area contributed by atoms with Gasteiger partial charge < -0.3 is 0 Å². The standard InChI is InChI=1S/C43H30/c1-27-25-28-13-2-5-16-31(28)34-23-12-24-39(41(27)34)42-35-19-8-10-21-37(35)43(38-22-11-9-20-36(38)42)40-26-29-14-3-4-15-30(29)32-17-6-7-18-33(32)40/h2-24,26-27H,25H2,1H3. The largest absolute Gasteiger partial charge is 0.0620 e. The first-order chi connectivity index (χ1) is 21.3. The van der Waals surface area contributed by atoms with Crippen LogP contribution in [0.25, 0.3) is 76.5 Å². The Bertz CT molecular complexity index is 2330. The first-order valence-electron chi connectivity index (χ1n) is 15.3. The molecule has 0 aromatic heterocycles. The number of hydrogen-bond donors (Lipinski definition) is 0. The predicted molar refractivity (Wildman–Crippen MR) is 185 cm³/mol. The average molecular weight is 547 g/mol. The van der Waals surface area contributed by atoms with E-state index in [1.165, 1.54) is 87.6 Å². The Labute approximate surface area is 251 Å². The van der Waals surface area contributed by atoms with Crippen molar-refractivity contribution in [2.24, 2.45) is 0 Å². The van der Waals surface area contributed by atoms with Gasteiger partial charge in [0.05, 0.1) is 0 Å². The zero-order chi connectivity index (χ0) is 28.5. The summed E-state index contributed by atoms with van der Waals surface area (Å²) in [5, 5.41) is 10.4. The van der Waals surface area contributed by atoms with E-state index < -0.39 is 0 Å². The van der Waals surface area contributed by atoms with E-state index in [0.717, 1.165) is 6.42 Å². The van der Waals surface area contributed by atoms with Crippen LogP contribution in [0.4, 0.5) is 0 Å². The van der Waals surface area contributed by atoms with E-state index in [-0.39, 0.29) is 0 Å². The van der Waals surface area contributed by atoms with E-state index in [2.05, 4.69) is 153 Å². The maximum atomic E-state index is 2.41. The molecule has 0 nitrogen and oxygen atoms in total. The fourth-order valence-electron chi connectivity index (χ4n) is 7.91. The number of rotatable bonds is 2. The minimum Gasteiger partial charge on any atom is -0.0620 e. The van der Waals surface area contributed by atoms with Crippen molar-refractivity contribution >= 4 is 43.1 Å². The molecule has 1 aliphatic carbocycles. The lowest BCUT2D eigenvalue weighted by molar-refractivity contribution is 0.751. The highest BCUT2D eigenvalue weighted by molar-refractivity contribution is 6.26. The molecule has 0 bridgehead atoms. The molecule has 0 saturated carbocycles. The van der Waals surface area contributed by atoms with Gasteiger partial charge >= 0.3 is 0 Å². The van der Waals surface area contributed by atoms with E-state index in [0.29, 0.717) is 5.92 Å². The Hall–Kier alpha value is -5.20. The van der Waals surface area contributed by atoms with Crippen LogP contribution in [0.2, 0.25) is 0 Å². The lowest BCUT2D eigenvalue weighted by Crippen LogP contribution is -2.10.